The quantitative estimate of drug-likeness (QED) is 0.656. The number of hydrogen-bond donors (Lipinski definition) is 0. The van der Waals surface area contributed by atoms with Crippen molar-refractivity contribution in [3.63, 3.8) is 0 Å². The van der Waals surface area contributed by atoms with Crippen molar-refractivity contribution in [1.29, 1.82) is 0 Å². The van der Waals surface area contributed by atoms with Crippen LogP contribution in [0.1, 0.15) is 59.3 Å². The minimum absolute atomic E-state index is 0.110. The molecule has 1 saturated carbocycles. The molecule has 0 aromatic carbocycles. The molecule has 1 aliphatic carbocycles. The minimum atomic E-state index is 0.110. The lowest BCUT2D eigenvalue weighted by molar-refractivity contribution is -0.142. The number of amides is 1. The maximum atomic E-state index is 12.5. The van der Waals surface area contributed by atoms with Crippen LogP contribution in [0, 0.1) is 5.92 Å². The van der Waals surface area contributed by atoms with E-state index in [1.165, 1.54) is 12.8 Å². The highest BCUT2D eigenvalue weighted by molar-refractivity contribution is 5.77. The van der Waals surface area contributed by atoms with Crippen molar-refractivity contribution in [3.8, 4) is 0 Å². The molecule has 1 aliphatic rings. The molecule has 0 bridgehead atoms. The van der Waals surface area contributed by atoms with Gasteiger partial charge in [0.2, 0.25) is 5.91 Å². The Labute approximate surface area is 130 Å². The lowest BCUT2D eigenvalue weighted by atomic mass is 9.89. The number of methoxy groups -OCH3 is 1. The molecule has 0 radical (unpaired) electrons. The maximum Gasteiger partial charge on any atom is 0.248 e. The molecule has 0 N–H and O–H groups in total. The fraction of sp³-hybridized carbons (Fsp3) is 0.941. The fourth-order valence-electron chi connectivity index (χ4n) is 3.23. The van der Waals surface area contributed by atoms with E-state index in [2.05, 4.69) is 20.8 Å². The van der Waals surface area contributed by atoms with Gasteiger partial charge in [-0.05, 0) is 31.6 Å². The summed E-state index contributed by atoms with van der Waals surface area (Å²) in [4.78, 5) is 14.4. The van der Waals surface area contributed by atoms with Gasteiger partial charge in [0.25, 0.3) is 0 Å². The highest BCUT2D eigenvalue weighted by Gasteiger charge is 2.24. The molecule has 0 heterocycles. The van der Waals surface area contributed by atoms with E-state index in [-0.39, 0.29) is 18.6 Å². The van der Waals surface area contributed by atoms with Crippen molar-refractivity contribution in [2.45, 2.75) is 71.4 Å². The number of rotatable bonds is 9. The van der Waals surface area contributed by atoms with Crippen LogP contribution in [-0.4, -0.2) is 49.8 Å². The smallest absolute Gasteiger partial charge is 0.248 e. The van der Waals surface area contributed by atoms with Crippen molar-refractivity contribution in [2.75, 3.05) is 26.9 Å². The van der Waals surface area contributed by atoms with Crippen LogP contribution < -0.4 is 0 Å². The third-order valence-corrected chi connectivity index (χ3v) is 4.57. The standard InChI is InChI=1S/C17H33NO3/c1-5-15(6-2)18(10-11-20-4)17(19)13-21-16-9-7-8-14(3)12-16/h14-16H,5-13H2,1-4H3. The van der Waals surface area contributed by atoms with Gasteiger partial charge in [-0.3, -0.25) is 4.79 Å². The Bertz CT molecular complexity index is 292. The Morgan fingerprint density at radius 3 is 2.57 bits per heavy atom. The molecule has 0 spiro atoms. The van der Waals surface area contributed by atoms with E-state index < -0.39 is 0 Å². The average Bonchev–Trinajstić information content (AvgIpc) is 2.49. The van der Waals surface area contributed by atoms with Crippen molar-refractivity contribution >= 4 is 5.91 Å². The largest absolute Gasteiger partial charge is 0.383 e. The van der Waals surface area contributed by atoms with E-state index in [0.717, 1.165) is 31.6 Å². The van der Waals surface area contributed by atoms with Gasteiger partial charge in [0.1, 0.15) is 6.61 Å². The molecule has 4 heteroatoms. The molecule has 2 atom stereocenters. The van der Waals surface area contributed by atoms with Crippen molar-refractivity contribution in [1.82, 2.24) is 4.90 Å². The van der Waals surface area contributed by atoms with E-state index in [0.29, 0.717) is 19.2 Å². The topological polar surface area (TPSA) is 38.8 Å². The Morgan fingerprint density at radius 1 is 1.29 bits per heavy atom. The fourth-order valence-corrected chi connectivity index (χ4v) is 3.23. The lowest BCUT2D eigenvalue weighted by Crippen LogP contribution is -2.44. The van der Waals surface area contributed by atoms with E-state index in [1.807, 2.05) is 4.90 Å². The summed E-state index contributed by atoms with van der Waals surface area (Å²) in [5, 5.41) is 0. The van der Waals surface area contributed by atoms with E-state index in [4.69, 9.17) is 9.47 Å². The second-order valence-electron chi connectivity index (χ2n) is 6.26. The van der Waals surface area contributed by atoms with Crippen molar-refractivity contribution in [3.05, 3.63) is 0 Å². The first-order valence-electron chi connectivity index (χ1n) is 8.52. The SMILES string of the molecule is CCC(CC)N(CCOC)C(=O)COC1CCCC(C)C1. The number of hydrogen-bond acceptors (Lipinski definition) is 3. The van der Waals surface area contributed by atoms with E-state index >= 15 is 0 Å². The first-order valence-corrected chi connectivity index (χ1v) is 8.52. The molecular formula is C17H33NO3. The number of carbonyl (C=O) groups excluding carboxylic acids is 1. The normalized spacial score (nSPS) is 22.5. The Hall–Kier alpha value is -0.610. The highest BCUT2D eigenvalue weighted by atomic mass is 16.5. The molecule has 0 aromatic rings. The summed E-state index contributed by atoms with van der Waals surface area (Å²) < 4.78 is 11.0. The third kappa shape index (κ3) is 6.35. The van der Waals surface area contributed by atoms with Crippen LogP contribution in [0.15, 0.2) is 0 Å². The molecule has 2 unspecified atom stereocenters. The number of ether oxygens (including phenoxy) is 2. The summed E-state index contributed by atoms with van der Waals surface area (Å²) in [7, 11) is 1.68. The van der Waals surface area contributed by atoms with Gasteiger partial charge in [0.15, 0.2) is 0 Å². The summed E-state index contributed by atoms with van der Waals surface area (Å²) in [6.07, 6.45) is 6.93. The second kappa shape index (κ2) is 10.2. The van der Waals surface area contributed by atoms with Crippen LogP contribution in [0.5, 0.6) is 0 Å². The van der Waals surface area contributed by atoms with Crippen LogP contribution in [0.3, 0.4) is 0 Å². The molecule has 124 valence electrons. The highest BCUT2D eigenvalue weighted by Crippen LogP contribution is 2.25. The van der Waals surface area contributed by atoms with Gasteiger partial charge in [-0.15, -0.1) is 0 Å². The Morgan fingerprint density at radius 2 is 2.00 bits per heavy atom. The molecule has 21 heavy (non-hydrogen) atoms. The summed E-state index contributed by atoms with van der Waals surface area (Å²) >= 11 is 0. The first kappa shape index (κ1) is 18.4. The predicted octanol–water partition coefficient (Wildman–Crippen LogP) is 3.25. The molecule has 1 fully saturated rings. The average molecular weight is 299 g/mol. The molecule has 1 amide bonds. The minimum Gasteiger partial charge on any atom is -0.383 e. The van der Waals surface area contributed by atoms with Gasteiger partial charge < -0.3 is 14.4 Å². The van der Waals surface area contributed by atoms with Crippen LogP contribution in [0.2, 0.25) is 0 Å². The van der Waals surface area contributed by atoms with Crippen LogP contribution in [-0.2, 0) is 14.3 Å². The zero-order valence-corrected chi connectivity index (χ0v) is 14.3. The number of carbonyl (C=O) groups is 1. The second-order valence-corrected chi connectivity index (χ2v) is 6.26. The lowest BCUT2D eigenvalue weighted by Gasteiger charge is -2.32. The van der Waals surface area contributed by atoms with Gasteiger partial charge in [-0.2, -0.15) is 0 Å². The maximum absolute atomic E-state index is 12.5. The molecular weight excluding hydrogens is 266 g/mol. The predicted molar refractivity (Wildman–Crippen MR) is 85.3 cm³/mol. The number of nitrogens with zero attached hydrogens (tertiary/aromatic N) is 1. The Balaban J connectivity index is 2.46. The molecule has 4 nitrogen and oxygen atoms in total. The van der Waals surface area contributed by atoms with Gasteiger partial charge in [-0.1, -0.05) is 33.6 Å². The van der Waals surface area contributed by atoms with Crippen LogP contribution in [0.4, 0.5) is 0 Å². The molecule has 0 aromatic heterocycles. The summed E-state index contributed by atoms with van der Waals surface area (Å²) in [6, 6.07) is 0.293. The van der Waals surface area contributed by atoms with E-state index in [9.17, 15) is 4.79 Å². The van der Waals surface area contributed by atoms with Gasteiger partial charge in [0, 0.05) is 19.7 Å². The Kier molecular flexibility index (Phi) is 8.93. The zero-order chi connectivity index (χ0) is 15.7. The van der Waals surface area contributed by atoms with Gasteiger partial charge >= 0.3 is 0 Å². The van der Waals surface area contributed by atoms with Crippen LogP contribution >= 0.6 is 0 Å². The molecule has 0 saturated heterocycles. The van der Waals surface area contributed by atoms with Gasteiger partial charge in [0.05, 0.1) is 12.7 Å². The molecule has 1 rings (SSSR count). The van der Waals surface area contributed by atoms with Crippen molar-refractivity contribution < 1.29 is 14.3 Å². The monoisotopic (exact) mass is 299 g/mol. The summed E-state index contributed by atoms with van der Waals surface area (Å²) in [5.41, 5.74) is 0. The zero-order valence-electron chi connectivity index (χ0n) is 14.3. The third-order valence-electron chi connectivity index (χ3n) is 4.57. The van der Waals surface area contributed by atoms with Crippen molar-refractivity contribution in [2.24, 2.45) is 5.92 Å². The van der Waals surface area contributed by atoms with E-state index in [1.54, 1.807) is 7.11 Å². The first-order chi connectivity index (χ1) is 10.1. The summed E-state index contributed by atoms with van der Waals surface area (Å²) in [6.45, 7) is 7.99. The van der Waals surface area contributed by atoms with Gasteiger partial charge in [-0.25, -0.2) is 0 Å². The van der Waals surface area contributed by atoms with Crippen LogP contribution in [0.25, 0.3) is 0 Å². The molecule has 0 aliphatic heterocycles. The summed E-state index contributed by atoms with van der Waals surface area (Å²) in [5.74, 6) is 0.835.